The highest BCUT2D eigenvalue weighted by Crippen LogP contribution is 2.19. The zero-order chi connectivity index (χ0) is 19.1. The lowest BCUT2D eigenvalue weighted by Gasteiger charge is -2.06. The molecule has 0 unspecified atom stereocenters. The first-order chi connectivity index (χ1) is 13.1. The van der Waals surface area contributed by atoms with Crippen LogP contribution in [-0.4, -0.2) is 22.7 Å². The van der Waals surface area contributed by atoms with Gasteiger partial charge in [0, 0.05) is 29.1 Å². The smallest absolute Gasteiger partial charge is 0.226 e. The molecule has 0 fully saturated rings. The molecule has 1 N–H and O–H groups in total. The Bertz CT molecular complexity index is 876. The van der Waals surface area contributed by atoms with Gasteiger partial charge in [0.15, 0.2) is 0 Å². The summed E-state index contributed by atoms with van der Waals surface area (Å²) in [5.74, 6) is 1.74. The second kappa shape index (κ2) is 9.19. The molecule has 2 aromatic carbocycles. The average molecular weight is 386 g/mol. The predicted octanol–water partition coefficient (Wildman–Crippen LogP) is 4.75. The van der Waals surface area contributed by atoms with Crippen molar-refractivity contribution in [2.45, 2.75) is 26.2 Å². The first kappa shape index (κ1) is 18.9. The standard InChI is InChI=1S/C20H20ClN3O3/c1-2-26-17-12-10-16(11-13-17)22-18(25)4-3-5-19-23-20(24-27-19)14-6-8-15(21)9-7-14/h6-13H,2-5H2,1H3,(H,22,25). The summed E-state index contributed by atoms with van der Waals surface area (Å²) < 4.78 is 10.6. The van der Waals surface area contributed by atoms with Gasteiger partial charge < -0.3 is 14.6 Å². The minimum Gasteiger partial charge on any atom is -0.494 e. The molecular weight excluding hydrogens is 366 g/mol. The number of nitrogens with zero attached hydrogens (tertiary/aromatic N) is 2. The number of rotatable bonds is 8. The summed E-state index contributed by atoms with van der Waals surface area (Å²) in [6.07, 6.45) is 1.52. The van der Waals surface area contributed by atoms with E-state index in [2.05, 4.69) is 15.5 Å². The molecule has 0 atom stereocenters. The number of ether oxygens (including phenoxy) is 1. The first-order valence-electron chi connectivity index (χ1n) is 8.75. The molecule has 0 saturated heterocycles. The average Bonchev–Trinajstić information content (AvgIpc) is 3.13. The Balaban J connectivity index is 1.45. The molecule has 0 aliphatic rings. The molecule has 140 valence electrons. The van der Waals surface area contributed by atoms with Gasteiger partial charge >= 0.3 is 0 Å². The van der Waals surface area contributed by atoms with Crippen molar-refractivity contribution in [2.24, 2.45) is 0 Å². The molecule has 0 spiro atoms. The van der Waals surface area contributed by atoms with Crippen molar-refractivity contribution in [3.8, 4) is 17.1 Å². The lowest BCUT2D eigenvalue weighted by Crippen LogP contribution is -2.11. The van der Waals surface area contributed by atoms with Gasteiger partial charge in [0.1, 0.15) is 5.75 Å². The Morgan fingerprint density at radius 3 is 2.59 bits per heavy atom. The molecule has 7 heteroatoms. The third-order valence-corrected chi connectivity index (χ3v) is 4.07. The third kappa shape index (κ3) is 5.56. The van der Waals surface area contributed by atoms with E-state index >= 15 is 0 Å². The maximum atomic E-state index is 12.1. The molecular formula is C20H20ClN3O3. The molecule has 3 aromatic rings. The topological polar surface area (TPSA) is 77.2 Å². The molecule has 1 heterocycles. The Hall–Kier alpha value is -2.86. The van der Waals surface area contributed by atoms with Crippen LogP contribution in [0.1, 0.15) is 25.7 Å². The number of aryl methyl sites for hydroxylation is 1. The van der Waals surface area contributed by atoms with Crippen LogP contribution >= 0.6 is 11.6 Å². The minimum absolute atomic E-state index is 0.0587. The number of halogens is 1. The molecule has 3 rings (SSSR count). The largest absolute Gasteiger partial charge is 0.494 e. The summed E-state index contributed by atoms with van der Waals surface area (Å²) in [4.78, 5) is 16.4. The van der Waals surface area contributed by atoms with Crippen LogP contribution in [0.25, 0.3) is 11.4 Å². The maximum Gasteiger partial charge on any atom is 0.226 e. The van der Waals surface area contributed by atoms with Gasteiger partial charge in [-0.15, -0.1) is 0 Å². The number of carbonyl (C=O) groups excluding carboxylic acids is 1. The molecule has 0 radical (unpaired) electrons. The Labute approximate surface area is 162 Å². The monoisotopic (exact) mass is 385 g/mol. The summed E-state index contributed by atoms with van der Waals surface area (Å²) in [7, 11) is 0. The van der Waals surface area contributed by atoms with Gasteiger partial charge in [-0.1, -0.05) is 16.8 Å². The number of hydrogen-bond donors (Lipinski definition) is 1. The van der Waals surface area contributed by atoms with Crippen molar-refractivity contribution in [3.05, 3.63) is 59.4 Å². The fourth-order valence-electron chi connectivity index (χ4n) is 2.50. The normalized spacial score (nSPS) is 10.6. The van der Waals surface area contributed by atoms with Crippen LogP contribution in [0.3, 0.4) is 0 Å². The fraction of sp³-hybridized carbons (Fsp3) is 0.250. The molecule has 0 saturated carbocycles. The molecule has 27 heavy (non-hydrogen) atoms. The molecule has 0 bridgehead atoms. The number of carbonyl (C=O) groups is 1. The van der Waals surface area contributed by atoms with E-state index in [4.69, 9.17) is 20.9 Å². The van der Waals surface area contributed by atoms with Crippen molar-refractivity contribution < 1.29 is 14.1 Å². The van der Waals surface area contributed by atoms with Crippen LogP contribution in [0.15, 0.2) is 53.1 Å². The van der Waals surface area contributed by atoms with E-state index in [9.17, 15) is 4.79 Å². The quantitative estimate of drug-likeness (QED) is 0.605. The van der Waals surface area contributed by atoms with E-state index in [1.807, 2.05) is 43.3 Å². The van der Waals surface area contributed by atoms with Crippen molar-refractivity contribution in [2.75, 3.05) is 11.9 Å². The highest BCUT2D eigenvalue weighted by Gasteiger charge is 2.10. The van der Waals surface area contributed by atoms with Crippen LogP contribution in [0.2, 0.25) is 5.02 Å². The number of amides is 1. The van der Waals surface area contributed by atoms with Gasteiger partial charge in [0.05, 0.1) is 6.61 Å². The zero-order valence-electron chi connectivity index (χ0n) is 14.9. The van der Waals surface area contributed by atoms with E-state index in [0.717, 1.165) is 17.0 Å². The van der Waals surface area contributed by atoms with Crippen molar-refractivity contribution in [3.63, 3.8) is 0 Å². The van der Waals surface area contributed by atoms with E-state index in [1.165, 1.54) is 0 Å². The first-order valence-corrected chi connectivity index (χ1v) is 9.13. The fourth-order valence-corrected chi connectivity index (χ4v) is 2.62. The third-order valence-electron chi connectivity index (χ3n) is 3.81. The van der Waals surface area contributed by atoms with Crippen LogP contribution in [-0.2, 0) is 11.2 Å². The summed E-state index contributed by atoms with van der Waals surface area (Å²) >= 11 is 5.87. The van der Waals surface area contributed by atoms with Gasteiger partial charge in [-0.05, 0) is 61.9 Å². The highest BCUT2D eigenvalue weighted by atomic mass is 35.5. The lowest BCUT2D eigenvalue weighted by molar-refractivity contribution is -0.116. The van der Waals surface area contributed by atoms with Gasteiger partial charge in [-0.3, -0.25) is 4.79 Å². The minimum atomic E-state index is -0.0587. The van der Waals surface area contributed by atoms with Gasteiger partial charge in [0.2, 0.25) is 17.6 Å². The highest BCUT2D eigenvalue weighted by molar-refractivity contribution is 6.30. The predicted molar refractivity (Wildman–Crippen MR) is 104 cm³/mol. The van der Waals surface area contributed by atoms with Gasteiger partial charge in [0.25, 0.3) is 0 Å². The summed E-state index contributed by atoms with van der Waals surface area (Å²) in [5.41, 5.74) is 1.58. The van der Waals surface area contributed by atoms with Crippen LogP contribution in [0, 0.1) is 0 Å². The van der Waals surface area contributed by atoms with E-state index < -0.39 is 0 Å². The second-order valence-corrected chi connectivity index (χ2v) is 6.31. The van der Waals surface area contributed by atoms with Crippen LogP contribution in [0.4, 0.5) is 5.69 Å². The van der Waals surface area contributed by atoms with Crippen molar-refractivity contribution in [1.29, 1.82) is 0 Å². The SMILES string of the molecule is CCOc1ccc(NC(=O)CCCc2nc(-c3ccc(Cl)cc3)no2)cc1. The number of nitrogens with one attached hydrogen (secondary N) is 1. The van der Waals surface area contributed by atoms with Crippen molar-refractivity contribution in [1.82, 2.24) is 10.1 Å². The zero-order valence-corrected chi connectivity index (χ0v) is 15.7. The summed E-state index contributed by atoms with van der Waals surface area (Å²) in [6, 6.07) is 14.5. The van der Waals surface area contributed by atoms with E-state index in [-0.39, 0.29) is 5.91 Å². The second-order valence-electron chi connectivity index (χ2n) is 5.88. The molecule has 6 nitrogen and oxygen atoms in total. The number of aromatic nitrogens is 2. The van der Waals surface area contributed by atoms with Gasteiger partial charge in [-0.2, -0.15) is 4.98 Å². The maximum absolute atomic E-state index is 12.1. The molecule has 1 amide bonds. The van der Waals surface area contributed by atoms with Crippen LogP contribution < -0.4 is 10.1 Å². The van der Waals surface area contributed by atoms with E-state index in [0.29, 0.717) is 42.6 Å². The Morgan fingerprint density at radius 2 is 1.89 bits per heavy atom. The lowest BCUT2D eigenvalue weighted by atomic mass is 10.2. The van der Waals surface area contributed by atoms with Crippen molar-refractivity contribution >= 4 is 23.2 Å². The molecule has 0 aliphatic carbocycles. The molecule has 0 aliphatic heterocycles. The van der Waals surface area contributed by atoms with Crippen LogP contribution in [0.5, 0.6) is 5.75 Å². The Morgan fingerprint density at radius 1 is 1.15 bits per heavy atom. The number of hydrogen-bond acceptors (Lipinski definition) is 5. The van der Waals surface area contributed by atoms with Gasteiger partial charge in [-0.25, -0.2) is 0 Å². The summed E-state index contributed by atoms with van der Waals surface area (Å²) in [5, 5.41) is 7.48. The van der Waals surface area contributed by atoms with E-state index in [1.54, 1.807) is 12.1 Å². The number of benzene rings is 2. The summed E-state index contributed by atoms with van der Waals surface area (Å²) in [6.45, 7) is 2.54. The molecule has 1 aromatic heterocycles. The number of anilines is 1. The Kier molecular flexibility index (Phi) is 6.44.